The van der Waals surface area contributed by atoms with E-state index in [9.17, 15) is 9.59 Å². The Hall–Kier alpha value is -0.400. The van der Waals surface area contributed by atoms with Gasteiger partial charge >= 0.3 is 11.9 Å². The molecule has 0 aliphatic carbocycles. The van der Waals surface area contributed by atoms with Gasteiger partial charge < -0.3 is 9.47 Å². The maximum Gasteiger partial charge on any atom is 0.323 e. The second-order valence-electron chi connectivity index (χ2n) is 4.74. The summed E-state index contributed by atoms with van der Waals surface area (Å²) in [4.78, 5) is 22.8. The average molecular weight is 309 g/mol. The standard InChI is InChI=1S/C12H23NO4S2/c1-6-17-10(14)7-13-9(11(15)16-5)8-18-19-12(2,3)4/h9,13H,6-8H2,1-5H3/t9-/m0/s1. The zero-order chi connectivity index (χ0) is 14.9. The van der Waals surface area contributed by atoms with Gasteiger partial charge in [0.25, 0.3) is 0 Å². The van der Waals surface area contributed by atoms with E-state index < -0.39 is 6.04 Å². The zero-order valence-corrected chi connectivity index (χ0v) is 13.8. The molecule has 0 heterocycles. The summed E-state index contributed by atoms with van der Waals surface area (Å²) in [7, 11) is 4.60. The fraction of sp³-hybridized carbons (Fsp3) is 0.833. The number of ether oxygens (including phenoxy) is 2. The molecule has 0 rings (SSSR count). The predicted molar refractivity (Wildman–Crippen MR) is 80.2 cm³/mol. The van der Waals surface area contributed by atoms with Gasteiger partial charge in [-0.1, -0.05) is 42.4 Å². The van der Waals surface area contributed by atoms with Crippen molar-refractivity contribution >= 4 is 33.5 Å². The molecule has 0 saturated carbocycles. The lowest BCUT2D eigenvalue weighted by Crippen LogP contribution is -2.42. The van der Waals surface area contributed by atoms with Crippen molar-refractivity contribution in [2.75, 3.05) is 26.0 Å². The lowest BCUT2D eigenvalue weighted by Gasteiger charge is -2.19. The van der Waals surface area contributed by atoms with E-state index in [4.69, 9.17) is 9.47 Å². The highest BCUT2D eigenvalue weighted by Gasteiger charge is 2.21. The first-order chi connectivity index (χ1) is 8.80. The second-order valence-corrected chi connectivity index (χ2v) is 7.91. The maximum atomic E-state index is 11.6. The Morgan fingerprint density at radius 2 is 1.95 bits per heavy atom. The van der Waals surface area contributed by atoms with Gasteiger partial charge in [-0.05, 0) is 6.92 Å². The molecule has 0 aromatic carbocycles. The first kappa shape index (κ1) is 18.6. The van der Waals surface area contributed by atoms with Gasteiger partial charge in [0.15, 0.2) is 0 Å². The number of esters is 2. The molecule has 7 heteroatoms. The third kappa shape index (κ3) is 10.1. The number of hydrogen-bond donors (Lipinski definition) is 1. The Bertz CT molecular complexity index is 292. The van der Waals surface area contributed by atoms with E-state index in [0.29, 0.717) is 12.4 Å². The number of methoxy groups -OCH3 is 1. The molecule has 1 atom stereocenters. The van der Waals surface area contributed by atoms with Crippen LogP contribution in [0.4, 0.5) is 0 Å². The molecule has 0 unspecified atom stereocenters. The van der Waals surface area contributed by atoms with Crippen LogP contribution in [0.15, 0.2) is 0 Å². The van der Waals surface area contributed by atoms with Crippen molar-refractivity contribution in [2.24, 2.45) is 0 Å². The van der Waals surface area contributed by atoms with Gasteiger partial charge in [-0.25, -0.2) is 0 Å². The van der Waals surface area contributed by atoms with E-state index >= 15 is 0 Å². The normalized spacial score (nSPS) is 12.9. The SMILES string of the molecule is CCOC(=O)CN[C@@H](CSSC(C)(C)C)C(=O)OC. The lowest BCUT2D eigenvalue weighted by molar-refractivity contribution is -0.144. The van der Waals surface area contributed by atoms with Gasteiger partial charge in [-0.3, -0.25) is 14.9 Å². The van der Waals surface area contributed by atoms with Crippen molar-refractivity contribution < 1.29 is 19.1 Å². The maximum absolute atomic E-state index is 11.6. The molecule has 112 valence electrons. The van der Waals surface area contributed by atoms with Crippen molar-refractivity contribution in [3.63, 3.8) is 0 Å². The number of carbonyl (C=O) groups is 2. The van der Waals surface area contributed by atoms with Crippen LogP contribution in [-0.2, 0) is 19.1 Å². The fourth-order valence-electron chi connectivity index (χ4n) is 1.05. The van der Waals surface area contributed by atoms with Gasteiger partial charge in [-0.15, -0.1) is 0 Å². The minimum Gasteiger partial charge on any atom is -0.468 e. The Labute approximate surface area is 122 Å². The highest BCUT2D eigenvalue weighted by atomic mass is 33.1. The van der Waals surface area contributed by atoms with E-state index in [1.54, 1.807) is 28.5 Å². The first-order valence-corrected chi connectivity index (χ1v) is 8.39. The van der Waals surface area contributed by atoms with Gasteiger partial charge in [0.1, 0.15) is 6.04 Å². The molecular formula is C12H23NO4S2. The van der Waals surface area contributed by atoms with E-state index in [1.807, 2.05) is 0 Å². The molecule has 0 spiro atoms. The van der Waals surface area contributed by atoms with E-state index in [-0.39, 0.29) is 23.2 Å². The highest BCUT2D eigenvalue weighted by molar-refractivity contribution is 8.77. The largest absolute Gasteiger partial charge is 0.468 e. The number of hydrogen-bond acceptors (Lipinski definition) is 7. The molecule has 5 nitrogen and oxygen atoms in total. The van der Waals surface area contributed by atoms with Crippen LogP contribution < -0.4 is 5.32 Å². The minimum absolute atomic E-state index is 0.00828. The van der Waals surface area contributed by atoms with Crippen LogP contribution in [0, 0.1) is 0 Å². The van der Waals surface area contributed by atoms with Crippen LogP contribution in [0.5, 0.6) is 0 Å². The monoisotopic (exact) mass is 309 g/mol. The van der Waals surface area contributed by atoms with Crippen molar-refractivity contribution in [3.8, 4) is 0 Å². The van der Waals surface area contributed by atoms with Gasteiger partial charge in [0, 0.05) is 10.5 Å². The van der Waals surface area contributed by atoms with Crippen molar-refractivity contribution in [1.29, 1.82) is 0 Å². The smallest absolute Gasteiger partial charge is 0.323 e. The van der Waals surface area contributed by atoms with E-state index in [0.717, 1.165) is 0 Å². The molecule has 0 aromatic rings. The summed E-state index contributed by atoms with van der Waals surface area (Å²) >= 11 is 0. The van der Waals surface area contributed by atoms with E-state index in [2.05, 4.69) is 26.1 Å². The van der Waals surface area contributed by atoms with Gasteiger partial charge in [0.2, 0.25) is 0 Å². The molecule has 0 fully saturated rings. The van der Waals surface area contributed by atoms with Crippen LogP contribution in [0.3, 0.4) is 0 Å². The number of rotatable bonds is 8. The Kier molecular flexibility index (Phi) is 9.30. The van der Waals surface area contributed by atoms with Crippen LogP contribution in [0.2, 0.25) is 0 Å². The van der Waals surface area contributed by atoms with Crippen molar-refractivity contribution in [1.82, 2.24) is 5.32 Å². The fourth-order valence-corrected chi connectivity index (χ4v) is 3.53. The summed E-state index contributed by atoms with van der Waals surface area (Å²) in [6.45, 7) is 8.38. The molecule has 1 N–H and O–H groups in total. The molecule has 0 aliphatic heterocycles. The third-order valence-corrected chi connectivity index (χ3v) is 5.18. The van der Waals surface area contributed by atoms with Crippen LogP contribution in [0.25, 0.3) is 0 Å². The highest BCUT2D eigenvalue weighted by Crippen LogP contribution is 2.35. The molecule has 19 heavy (non-hydrogen) atoms. The molecule has 0 bridgehead atoms. The van der Waals surface area contributed by atoms with Crippen LogP contribution in [0.1, 0.15) is 27.7 Å². The molecule has 0 radical (unpaired) electrons. The molecule has 0 amide bonds. The van der Waals surface area contributed by atoms with Gasteiger partial charge in [0.05, 0.1) is 20.3 Å². The number of carbonyl (C=O) groups excluding carboxylic acids is 2. The second kappa shape index (κ2) is 9.50. The summed E-state index contributed by atoms with van der Waals surface area (Å²) in [5, 5.41) is 2.86. The lowest BCUT2D eigenvalue weighted by atomic mass is 10.3. The predicted octanol–water partition coefficient (Wildman–Crippen LogP) is 1.86. The zero-order valence-electron chi connectivity index (χ0n) is 12.1. The van der Waals surface area contributed by atoms with Gasteiger partial charge in [-0.2, -0.15) is 0 Å². The third-order valence-electron chi connectivity index (χ3n) is 1.83. The summed E-state index contributed by atoms with van der Waals surface area (Å²) in [6.07, 6.45) is 0. The Morgan fingerprint density at radius 3 is 2.42 bits per heavy atom. The Balaban J connectivity index is 4.17. The summed E-state index contributed by atoms with van der Waals surface area (Å²) in [6, 6.07) is -0.505. The molecular weight excluding hydrogens is 286 g/mol. The molecule has 0 saturated heterocycles. The first-order valence-electron chi connectivity index (χ1n) is 6.07. The topological polar surface area (TPSA) is 64.6 Å². The summed E-state index contributed by atoms with van der Waals surface area (Å²) < 4.78 is 9.63. The molecule has 0 aromatic heterocycles. The van der Waals surface area contributed by atoms with Crippen LogP contribution >= 0.6 is 21.6 Å². The van der Waals surface area contributed by atoms with Crippen molar-refractivity contribution in [3.05, 3.63) is 0 Å². The average Bonchev–Trinajstić information content (AvgIpc) is 2.31. The quantitative estimate of drug-likeness (QED) is 0.542. The summed E-state index contributed by atoms with van der Waals surface area (Å²) in [5.74, 6) is -0.204. The number of nitrogens with one attached hydrogen (secondary N) is 1. The minimum atomic E-state index is -0.505. The summed E-state index contributed by atoms with van der Waals surface area (Å²) in [5.41, 5.74) is 0. The van der Waals surface area contributed by atoms with Crippen molar-refractivity contribution in [2.45, 2.75) is 38.5 Å². The van der Waals surface area contributed by atoms with Crippen LogP contribution in [-0.4, -0.2) is 48.7 Å². The van der Waals surface area contributed by atoms with E-state index in [1.165, 1.54) is 7.11 Å². The molecule has 0 aliphatic rings. The Morgan fingerprint density at radius 1 is 1.32 bits per heavy atom.